The summed E-state index contributed by atoms with van der Waals surface area (Å²) in [5.41, 5.74) is 4.00. The third-order valence-electron chi connectivity index (χ3n) is 5.71. The van der Waals surface area contributed by atoms with Crippen LogP contribution in [-0.4, -0.2) is 57.0 Å². The first-order valence-corrected chi connectivity index (χ1v) is 11.6. The Morgan fingerprint density at radius 1 is 1.19 bits per heavy atom. The van der Waals surface area contributed by atoms with E-state index in [0.29, 0.717) is 5.92 Å². The Hall–Kier alpha value is -1.32. The van der Waals surface area contributed by atoms with Crippen LogP contribution in [0.5, 0.6) is 0 Å². The summed E-state index contributed by atoms with van der Waals surface area (Å²) in [6.45, 7) is 10.2. The molecule has 0 amide bonds. The first-order valence-electron chi connectivity index (χ1n) is 11.6. The monoisotopic (exact) mass is 542 g/mol. The van der Waals surface area contributed by atoms with Gasteiger partial charge in [0.15, 0.2) is 5.96 Å². The van der Waals surface area contributed by atoms with Gasteiger partial charge < -0.3 is 25.1 Å². The zero-order valence-electron chi connectivity index (χ0n) is 19.0. The molecule has 1 aliphatic rings. The molecule has 0 spiro atoms. The van der Waals surface area contributed by atoms with E-state index in [9.17, 15) is 0 Å². The second kappa shape index (κ2) is 14.7. The summed E-state index contributed by atoms with van der Waals surface area (Å²) in [6.07, 6.45) is 7.36. The Morgan fingerprint density at radius 2 is 2.03 bits per heavy atom. The highest BCUT2D eigenvalue weighted by molar-refractivity contribution is 14.0. The summed E-state index contributed by atoms with van der Waals surface area (Å²) < 4.78 is 11.2. The molecule has 0 aliphatic carbocycles. The molecule has 174 valence electrons. The lowest BCUT2D eigenvalue weighted by Crippen LogP contribution is -2.38. The largest absolute Gasteiger partial charge is 0.381 e. The van der Waals surface area contributed by atoms with Gasteiger partial charge in [-0.15, -0.1) is 24.0 Å². The van der Waals surface area contributed by atoms with E-state index in [4.69, 9.17) is 14.5 Å². The van der Waals surface area contributed by atoms with Crippen LogP contribution in [0.25, 0.3) is 10.9 Å². The van der Waals surface area contributed by atoms with Crippen molar-refractivity contribution < 1.29 is 9.47 Å². The highest BCUT2D eigenvalue weighted by Crippen LogP contribution is 2.22. The SMILES string of the molecule is CCNC(=NCCCOCC1CCOCC1)NCCc1c[nH]c2c(CC)cccc12.I. The molecular formula is C24H39IN4O2. The van der Waals surface area contributed by atoms with Gasteiger partial charge in [-0.25, -0.2) is 0 Å². The van der Waals surface area contributed by atoms with E-state index in [-0.39, 0.29) is 24.0 Å². The molecule has 0 atom stereocenters. The second-order valence-electron chi connectivity index (χ2n) is 7.93. The minimum Gasteiger partial charge on any atom is -0.381 e. The number of guanidine groups is 1. The molecule has 1 saturated heterocycles. The smallest absolute Gasteiger partial charge is 0.191 e. The van der Waals surface area contributed by atoms with Gasteiger partial charge in [-0.3, -0.25) is 4.99 Å². The number of aromatic amines is 1. The van der Waals surface area contributed by atoms with Gasteiger partial charge in [0, 0.05) is 63.2 Å². The van der Waals surface area contributed by atoms with E-state index in [1.165, 1.54) is 22.0 Å². The zero-order valence-corrected chi connectivity index (χ0v) is 21.4. The quantitative estimate of drug-likeness (QED) is 0.172. The third kappa shape index (κ3) is 8.27. The van der Waals surface area contributed by atoms with Crippen LogP contribution in [0, 0.1) is 5.92 Å². The van der Waals surface area contributed by atoms with Crippen LogP contribution in [-0.2, 0) is 22.3 Å². The van der Waals surface area contributed by atoms with E-state index in [2.05, 4.69) is 53.9 Å². The number of fused-ring (bicyclic) bond motifs is 1. The fourth-order valence-corrected chi connectivity index (χ4v) is 3.95. The number of para-hydroxylation sites is 1. The van der Waals surface area contributed by atoms with Gasteiger partial charge in [-0.1, -0.05) is 25.1 Å². The highest BCUT2D eigenvalue weighted by atomic mass is 127. The molecule has 0 saturated carbocycles. The van der Waals surface area contributed by atoms with Crippen molar-refractivity contribution in [3.63, 3.8) is 0 Å². The summed E-state index contributed by atoms with van der Waals surface area (Å²) in [7, 11) is 0. The molecule has 1 aliphatic heterocycles. The lowest BCUT2D eigenvalue weighted by Gasteiger charge is -2.21. The molecule has 1 fully saturated rings. The molecular weight excluding hydrogens is 503 g/mol. The minimum atomic E-state index is 0. The minimum absolute atomic E-state index is 0. The summed E-state index contributed by atoms with van der Waals surface area (Å²) in [5.74, 6) is 1.55. The van der Waals surface area contributed by atoms with Crippen LogP contribution < -0.4 is 10.6 Å². The number of hydrogen-bond donors (Lipinski definition) is 3. The van der Waals surface area contributed by atoms with Crippen molar-refractivity contribution in [3.05, 3.63) is 35.5 Å². The molecule has 7 heteroatoms. The van der Waals surface area contributed by atoms with Crippen LogP contribution in [0.15, 0.2) is 29.4 Å². The number of hydrogen-bond acceptors (Lipinski definition) is 3. The van der Waals surface area contributed by atoms with E-state index in [1.54, 1.807) is 0 Å². The van der Waals surface area contributed by atoms with Crippen LogP contribution in [0.2, 0.25) is 0 Å². The van der Waals surface area contributed by atoms with Crippen molar-refractivity contribution >= 4 is 40.8 Å². The van der Waals surface area contributed by atoms with Crippen molar-refractivity contribution in [2.75, 3.05) is 46.1 Å². The van der Waals surface area contributed by atoms with E-state index in [0.717, 1.165) is 84.1 Å². The van der Waals surface area contributed by atoms with Crippen molar-refractivity contribution in [1.29, 1.82) is 0 Å². The lowest BCUT2D eigenvalue weighted by atomic mass is 10.0. The average molecular weight is 543 g/mol. The van der Waals surface area contributed by atoms with E-state index < -0.39 is 0 Å². The maximum absolute atomic E-state index is 5.84. The predicted octanol–water partition coefficient (Wildman–Crippen LogP) is 4.28. The van der Waals surface area contributed by atoms with Gasteiger partial charge >= 0.3 is 0 Å². The van der Waals surface area contributed by atoms with Gasteiger partial charge in [0.25, 0.3) is 0 Å². The maximum atomic E-state index is 5.84. The number of H-pyrrole nitrogens is 1. The maximum Gasteiger partial charge on any atom is 0.191 e. The molecule has 3 rings (SSSR count). The number of nitrogens with zero attached hydrogens (tertiary/aromatic N) is 1. The number of halogens is 1. The Morgan fingerprint density at radius 3 is 2.81 bits per heavy atom. The molecule has 0 radical (unpaired) electrons. The Kier molecular flexibility index (Phi) is 12.3. The molecule has 0 unspecified atom stereocenters. The van der Waals surface area contributed by atoms with Crippen molar-refractivity contribution in [2.45, 2.75) is 46.0 Å². The van der Waals surface area contributed by atoms with Crippen molar-refractivity contribution in [2.24, 2.45) is 10.9 Å². The molecule has 1 aromatic carbocycles. The third-order valence-corrected chi connectivity index (χ3v) is 5.71. The van der Waals surface area contributed by atoms with E-state index in [1.807, 2.05) is 0 Å². The van der Waals surface area contributed by atoms with E-state index >= 15 is 0 Å². The number of aliphatic imine (C=N–C) groups is 1. The molecule has 2 aromatic rings. The van der Waals surface area contributed by atoms with Crippen molar-refractivity contribution in [1.82, 2.24) is 15.6 Å². The summed E-state index contributed by atoms with van der Waals surface area (Å²) >= 11 is 0. The predicted molar refractivity (Wildman–Crippen MR) is 140 cm³/mol. The van der Waals surface area contributed by atoms with Crippen LogP contribution >= 0.6 is 24.0 Å². The van der Waals surface area contributed by atoms with Crippen LogP contribution in [0.4, 0.5) is 0 Å². The molecule has 6 nitrogen and oxygen atoms in total. The number of aromatic nitrogens is 1. The average Bonchev–Trinajstić information content (AvgIpc) is 3.20. The first kappa shape index (κ1) is 25.9. The van der Waals surface area contributed by atoms with Gasteiger partial charge in [0.2, 0.25) is 0 Å². The van der Waals surface area contributed by atoms with Gasteiger partial charge in [0.05, 0.1) is 0 Å². The number of ether oxygens (including phenoxy) is 2. The fraction of sp³-hybridized carbons (Fsp3) is 0.625. The summed E-state index contributed by atoms with van der Waals surface area (Å²) in [5, 5.41) is 8.14. The number of nitrogens with one attached hydrogen (secondary N) is 3. The van der Waals surface area contributed by atoms with Crippen molar-refractivity contribution in [3.8, 4) is 0 Å². The van der Waals surface area contributed by atoms with Gasteiger partial charge in [0.1, 0.15) is 0 Å². The highest BCUT2D eigenvalue weighted by Gasteiger charge is 2.13. The topological polar surface area (TPSA) is 70.7 Å². The Labute approximate surface area is 204 Å². The molecule has 1 aromatic heterocycles. The van der Waals surface area contributed by atoms with Gasteiger partial charge in [-0.2, -0.15) is 0 Å². The molecule has 0 bridgehead atoms. The first-order chi connectivity index (χ1) is 14.8. The Balaban J connectivity index is 0.00000341. The Bertz CT molecular complexity index is 787. The lowest BCUT2D eigenvalue weighted by molar-refractivity contribution is 0.0205. The number of aryl methyl sites for hydroxylation is 1. The normalized spacial score (nSPS) is 15.1. The molecule has 31 heavy (non-hydrogen) atoms. The summed E-state index contributed by atoms with van der Waals surface area (Å²) in [6, 6.07) is 6.56. The summed E-state index contributed by atoms with van der Waals surface area (Å²) in [4.78, 5) is 8.15. The van der Waals surface area contributed by atoms with Crippen LogP contribution in [0.3, 0.4) is 0 Å². The zero-order chi connectivity index (χ0) is 21.0. The number of rotatable bonds is 11. The standard InChI is InChI=1S/C24H38N4O2.HI/c1-3-20-7-5-8-22-21(17-28-23(20)22)9-13-27-24(25-4-2)26-12-6-14-30-18-19-10-15-29-16-11-19;/h5,7-8,17,19,28H,3-4,6,9-16,18H2,1-2H3,(H2,25,26,27);1H. The molecule has 2 heterocycles. The molecule has 3 N–H and O–H groups in total. The fourth-order valence-electron chi connectivity index (χ4n) is 3.95. The second-order valence-corrected chi connectivity index (χ2v) is 7.93. The van der Waals surface area contributed by atoms with Gasteiger partial charge in [-0.05, 0) is 56.1 Å². The van der Waals surface area contributed by atoms with Crippen LogP contribution in [0.1, 0.15) is 44.2 Å². The number of benzene rings is 1.